The molecular weight excluding hydrogens is 342 g/mol. The second-order valence-corrected chi connectivity index (χ2v) is 6.14. The minimum absolute atomic E-state index is 0.165. The van der Waals surface area contributed by atoms with Crippen molar-refractivity contribution in [2.45, 2.75) is 6.54 Å². The first-order valence-corrected chi connectivity index (χ1v) is 8.47. The molecule has 0 unspecified atom stereocenters. The summed E-state index contributed by atoms with van der Waals surface area (Å²) in [4.78, 5) is 24.6. The molecule has 0 aliphatic rings. The van der Waals surface area contributed by atoms with Gasteiger partial charge in [0.25, 0.3) is 11.5 Å². The van der Waals surface area contributed by atoms with E-state index in [1.807, 2.05) is 48.5 Å². The fraction of sp³-hybridized carbons (Fsp3) is 0.100. The Morgan fingerprint density at radius 2 is 1.78 bits per heavy atom. The standard InChI is InChI=1S/C20H17N5O2/c1-25-20(27)15-10-6-5-9-14(15)18(24-25)12-21-19(26)17-11-16(22-23-17)13-7-3-2-4-8-13/h2-11H,12H2,1H3,(H,21,26)(H,22,23). The van der Waals surface area contributed by atoms with E-state index < -0.39 is 0 Å². The van der Waals surface area contributed by atoms with Crippen molar-refractivity contribution < 1.29 is 4.79 Å². The van der Waals surface area contributed by atoms with Crippen LogP contribution in [-0.2, 0) is 13.6 Å². The first-order chi connectivity index (χ1) is 13.1. The maximum absolute atomic E-state index is 12.5. The zero-order valence-electron chi connectivity index (χ0n) is 14.6. The molecule has 134 valence electrons. The van der Waals surface area contributed by atoms with Gasteiger partial charge >= 0.3 is 0 Å². The van der Waals surface area contributed by atoms with Crippen LogP contribution in [0.4, 0.5) is 0 Å². The topological polar surface area (TPSA) is 92.7 Å². The molecule has 2 aromatic heterocycles. The fourth-order valence-electron chi connectivity index (χ4n) is 2.96. The number of amides is 1. The van der Waals surface area contributed by atoms with Crippen LogP contribution < -0.4 is 10.9 Å². The summed E-state index contributed by atoms with van der Waals surface area (Å²) in [7, 11) is 1.60. The first kappa shape index (κ1) is 16.7. The number of aromatic nitrogens is 4. The van der Waals surface area contributed by atoms with Crippen LogP contribution in [0.25, 0.3) is 22.0 Å². The molecule has 0 bridgehead atoms. The Labute approximate surface area is 154 Å². The minimum Gasteiger partial charge on any atom is -0.345 e. The Kier molecular flexibility index (Phi) is 4.25. The molecule has 4 rings (SSSR count). The van der Waals surface area contributed by atoms with Gasteiger partial charge in [-0.2, -0.15) is 10.2 Å². The quantitative estimate of drug-likeness (QED) is 0.584. The van der Waals surface area contributed by atoms with Gasteiger partial charge in [-0.3, -0.25) is 14.7 Å². The van der Waals surface area contributed by atoms with E-state index >= 15 is 0 Å². The monoisotopic (exact) mass is 359 g/mol. The second kappa shape index (κ2) is 6.87. The van der Waals surface area contributed by atoms with Crippen LogP contribution in [0.2, 0.25) is 0 Å². The minimum atomic E-state index is -0.288. The summed E-state index contributed by atoms with van der Waals surface area (Å²) in [6.07, 6.45) is 0. The number of aromatic amines is 1. The van der Waals surface area contributed by atoms with Gasteiger partial charge in [-0.05, 0) is 12.1 Å². The lowest BCUT2D eigenvalue weighted by Gasteiger charge is -2.08. The van der Waals surface area contributed by atoms with Crippen LogP contribution in [0.1, 0.15) is 16.2 Å². The van der Waals surface area contributed by atoms with Gasteiger partial charge < -0.3 is 5.32 Å². The average Bonchev–Trinajstić information content (AvgIpc) is 3.20. The van der Waals surface area contributed by atoms with Crippen molar-refractivity contribution in [2.24, 2.45) is 7.05 Å². The summed E-state index contributed by atoms with van der Waals surface area (Å²) in [5.74, 6) is -0.288. The molecule has 2 aromatic carbocycles. The highest BCUT2D eigenvalue weighted by atomic mass is 16.2. The van der Waals surface area contributed by atoms with Crippen molar-refractivity contribution in [2.75, 3.05) is 0 Å². The van der Waals surface area contributed by atoms with E-state index in [-0.39, 0.29) is 18.0 Å². The molecule has 0 saturated heterocycles. The molecule has 7 nitrogen and oxygen atoms in total. The van der Waals surface area contributed by atoms with Gasteiger partial charge in [0.15, 0.2) is 0 Å². The average molecular weight is 359 g/mol. The van der Waals surface area contributed by atoms with Crippen LogP contribution in [-0.4, -0.2) is 25.9 Å². The Morgan fingerprint density at radius 1 is 1.07 bits per heavy atom. The van der Waals surface area contributed by atoms with Gasteiger partial charge in [-0.1, -0.05) is 48.5 Å². The highest BCUT2D eigenvalue weighted by molar-refractivity contribution is 5.93. The number of hydrogen-bond acceptors (Lipinski definition) is 4. The van der Waals surface area contributed by atoms with E-state index in [2.05, 4.69) is 20.6 Å². The Morgan fingerprint density at radius 3 is 2.56 bits per heavy atom. The van der Waals surface area contributed by atoms with Gasteiger partial charge in [-0.15, -0.1) is 0 Å². The Hall–Kier alpha value is -3.74. The van der Waals surface area contributed by atoms with Crippen LogP contribution >= 0.6 is 0 Å². The van der Waals surface area contributed by atoms with Crippen LogP contribution in [0.5, 0.6) is 0 Å². The number of hydrogen-bond donors (Lipinski definition) is 2. The molecule has 7 heteroatoms. The van der Waals surface area contributed by atoms with Crippen molar-refractivity contribution in [3.05, 3.63) is 82.4 Å². The summed E-state index contributed by atoms with van der Waals surface area (Å²) in [6, 6.07) is 18.6. The zero-order valence-corrected chi connectivity index (χ0v) is 14.6. The summed E-state index contributed by atoms with van der Waals surface area (Å²) in [6.45, 7) is 0.202. The lowest BCUT2D eigenvalue weighted by molar-refractivity contribution is 0.0945. The second-order valence-electron chi connectivity index (χ2n) is 6.14. The smallest absolute Gasteiger partial charge is 0.274 e. The van der Waals surface area contributed by atoms with E-state index in [1.165, 1.54) is 4.68 Å². The molecule has 2 N–H and O–H groups in total. The van der Waals surface area contributed by atoms with Crippen molar-refractivity contribution >= 4 is 16.7 Å². The van der Waals surface area contributed by atoms with E-state index in [4.69, 9.17) is 0 Å². The summed E-state index contributed by atoms with van der Waals surface area (Å²) in [5.41, 5.74) is 2.46. The molecule has 0 aliphatic heterocycles. The number of H-pyrrole nitrogens is 1. The molecular formula is C20H17N5O2. The third-order valence-electron chi connectivity index (χ3n) is 4.34. The van der Waals surface area contributed by atoms with E-state index in [1.54, 1.807) is 19.2 Å². The maximum Gasteiger partial charge on any atom is 0.274 e. The molecule has 0 atom stereocenters. The number of carbonyl (C=O) groups excluding carboxylic acids is 1. The first-order valence-electron chi connectivity index (χ1n) is 8.47. The number of nitrogens with one attached hydrogen (secondary N) is 2. The third kappa shape index (κ3) is 3.22. The Bertz CT molecular complexity index is 1180. The summed E-state index contributed by atoms with van der Waals surface area (Å²) in [5, 5.41) is 15.4. The SMILES string of the molecule is Cn1nc(CNC(=O)c2cc(-c3ccccc3)n[nH]2)c2ccccc2c1=O. The molecule has 2 heterocycles. The van der Waals surface area contributed by atoms with Gasteiger partial charge in [0.05, 0.1) is 23.3 Å². The molecule has 0 aliphatic carbocycles. The third-order valence-corrected chi connectivity index (χ3v) is 4.34. The van der Waals surface area contributed by atoms with Crippen molar-refractivity contribution in [3.63, 3.8) is 0 Å². The highest BCUT2D eigenvalue weighted by Crippen LogP contribution is 2.17. The summed E-state index contributed by atoms with van der Waals surface area (Å²) >= 11 is 0. The predicted molar refractivity (Wildman–Crippen MR) is 102 cm³/mol. The number of fused-ring (bicyclic) bond motifs is 1. The molecule has 4 aromatic rings. The van der Waals surface area contributed by atoms with E-state index in [0.717, 1.165) is 10.9 Å². The summed E-state index contributed by atoms with van der Waals surface area (Å²) < 4.78 is 1.29. The molecule has 0 saturated carbocycles. The van der Waals surface area contributed by atoms with Crippen molar-refractivity contribution in [1.82, 2.24) is 25.3 Å². The van der Waals surface area contributed by atoms with Crippen LogP contribution in [0.15, 0.2) is 65.5 Å². The van der Waals surface area contributed by atoms with Gasteiger partial charge in [0.2, 0.25) is 0 Å². The number of aryl methyl sites for hydroxylation is 1. The molecule has 0 spiro atoms. The van der Waals surface area contributed by atoms with Crippen molar-refractivity contribution in [1.29, 1.82) is 0 Å². The molecule has 27 heavy (non-hydrogen) atoms. The highest BCUT2D eigenvalue weighted by Gasteiger charge is 2.13. The number of nitrogens with zero attached hydrogens (tertiary/aromatic N) is 3. The lowest BCUT2D eigenvalue weighted by atomic mass is 10.1. The molecule has 0 radical (unpaired) electrons. The van der Waals surface area contributed by atoms with Gasteiger partial charge in [0, 0.05) is 18.0 Å². The normalized spacial score (nSPS) is 10.9. The molecule has 0 fully saturated rings. The van der Waals surface area contributed by atoms with E-state index in [0.29, 0.717) is 22.5 Å². The van der Waals surface area contributed by atoms with Crippen LogP contribution in [0, 0.1) is 0 Å². The largest absolute Gasteiger partial charge is 0.345 e. The maximum atomic E-state index is 12.5. The lowest BCUT2D eigenvalue weighted by Crippen LogP contribution is -2.27. The van der Waals surface area contributed by atoms with Gasteiger partial charge in [0.1, 0.15) is 5.69 Å². The number of benzene rings is 2. The molecule has 1 amide bonds. The number of carbonyl (C=O) groups is 1. The number of rotatable bonds is 4. The predicted octanol–water partition coefficient (Wildman–Crippen LogP) is 2.25. The van der Waals surface area contributed by atoms with Gasteiger partial charge in [-0.25, -0.2) is 4.68 Å². The van der Waals surface area contributed by atoms with Crippen LogP contribution in [0.3, 0.4) is 0 Å². The van der Waals surface area contributed by atoms with E-state index in [9.17, 15) is 9.59 Å². The zero-order chi connectivity index (χ0) is 18.8. The fourth-order valence-corrected chi connectivity index (χ4v) is 2.96. The Balaban J connectivity index is 1.55. The van der Waals surface area contributed by atoms with Crippen molar-refractivity contribution in [3.8, 4) is 11.3 Å².